The van der Waals surface area contributed by atoms with Gasteiger partial charge in [0.1, 0.15) is 5.71 Å². The summed E-state index contributed by atoms with van der Waals surface area (Å²) in [6.07, 6.45) is 6.04. The summed E-state index contributed by atoms with van der Waals surface area (Å²) in [6, 6.07) is 0. The van der Waals surface area contributed by atoms with E-state index in [0.717, 1.165) is 0 Å². The number of nitrogens with zero attached hydrogens (tertiary/aromatic N) is 1. The zero-order valence-corrected chi connectivity index (χ0v) is 11.1. The first kappa shape index (κ1) is 14.1. The molecule has 0 fully saturated rings. The van der Waals surface area contributed by atoms with Crippen LogP contribution in [-0.4, -0.2) is 17.5 Å². The zero-order valence-electron chi connectivity index (χ0n) is 11.1. The van der Waals surface area contributed by atoms with E-state index in [1.165, 1.54) is 12.2 Å². The highest BCUT2D eigenvalue weighted by atomic mass is 16.7. The number of carbonyl (C=O) groups is 2. The average molecular weight is 247 g/mol. The topological polar surface area (TPSA) is 55.7 Å². The van der Waals surface area contributed by atoms with E-state index < -0.39 is 5.97 Å². The van der Waals surface area contributed by atoms with E-state index in [1.807, 2.05) is 13.8 Å². The van der Waals surface area contributed by atoms with Crippen LogP contribution in [0.15, 0.2) is 40.6 Å². The molecule has 0 heterocycles. The predicted octanol–water partition coefficient (Wildman–Crippen LogP) is 2.57. The molecule has 4 nitrogen and oxygen atoms in total. The number of oxime groups is 1. The number of carbonyl (C=O) groups excluding carboxylic acids is 2. The molecule has 0 radical (unpaired) electrons. The number of allylic oxidation sites excluding steroid dienone is 5. The standard InChI is InChI=1S/C14H17NO3/c1-5-6-14(17)18-15-12-8-11(9(2)3)13(16)7-10(12)4/h5-9H,1-4H3/b6-5+,15-12+. The fourth-order valence-electron chi connectivity index (χ4n) is 1.50. The molecule has 4 heteroatoms. The molecule has 1 aliphatic carbocycles. The Kier molecular flexibility index (Phi) is 4.77. The summed E-state index contributed by atoms with van der Waals surface area (Å²) in [5.41, 5.74) is 1.87. The van der Waals surface area contributed by atoms with Gasteiger partial charge in [-0.25, -0.2) is 4.79 Å². The molecule has 18 heavy (non-hydrogen) atoms. The van der Waals surface area contributed by atoms with E-state index in [-0.39, 0.29) is 11.7 Å². The van der Waals surface area contributed by atoms with Gasteiger partial charge in [0, 0.05) is 11.6 Å². The van der Waals surface area contributed by atoms with Crippen LogP contribution in [0.4, 0.5) is 0 Å². The molecule has 1 rings (SSSR count). The second kappa shape index (κ2) is 6.10. The number of ketones is 1. The van der Waals surface area contributed by atoms with E-state index in [4.69, 9.17) is 4.84 Å². The van der Waals surface area contributed by atoms with Crippen LogP contribution >= 0.6 is 0 Å². The fraction of sp³-hybridized carbons (Fsp3) is 0.357. The Hall–Kier alpha value is -1.97. The van der Waals surface area contributed by atoms with E-state index in [0.29, 0.717) is 16.9 Å². The average Bonchev–Trinajstić information content (AvgIpc) is 2.27. The van der Waals surface area contributed by atoms with Crippen molar-refractivity contribution in [1.29, 1.82) is 0 Å². The molecular formula is C14H17NO3. The van der Waals surface area contributed by atoms with Crippen LogP contribution in [0.3, 0.4) is 0 Å². The molecule has 0 atom stereocenters. The lowest BCUT2D eigenvalue weighted by atomic mass is 9.90. The molecule has 0 aromatic rings. The second-order valence-corrected chi connectivity index (χ2v) is 4.33. The van der Waals surface area contributed by atoms with Crippen molar-refractivity contribution in [1.82, 2.24) is 0 Å². The fourth-order valence-corrected chi connectivity index (χ4v) is 1.50. The summed E-state index contributed by atoms with van der Waals surface area (Å²) in [7, 11) is 0. The first-order chi connectivity index (χ1) is 8.45. The Morgan fingerprint density at radius 1 is 1.39 bits per heavy atom. The second-order valence-electron chi connectivity index (χ2n) is 4.33. The van der Waals surface area contributed by atoms with Crippen molar-refractivity contribution >= 4 is 17.5 Å². The summed E-state index contributed by atoms with van der Waals surface area (Å²) in [5.74, 6) is -0.436. The van der Waals surface area contributed by atoms with Gasteiger partial charge in [-0.15, -0.1) is 0 Å². The summed E-state index contributed by atoms with van der Waals surface area (Å²) in [5, 5.41) is 3.77. The maximum Gasteiger partial charge on any atom is 0.358 e. The van der Waals surface area contributed by atoms with Gasteiger partial charge in [-0.3, -0.25) is 4.79 Å². The third kappa shape index (κ3) is 3.52. The molecule has 0 saturated carbocycles. The van der Waals surface area contributed by atoms with Crippen molar-refractivity contribution in [2.75, 3.05) is 0 Å². The van der Waals surface area contributed by atoms with Crippen molar-refractivity contribution in [3.8, 4) is 0 Å². The van der Waals surface area contributed by atoms with Crippen molar-refractivity contribution < 1.29 is 14.4 Å². The van der Waals surface area contributed by atoms with Gasteiger partial charge in [-0.05, 0) is 37.5 Å². The van der Waals surface area contributed by atoms with Gasteiger partial charge in [0.25, 0.3) is 0 Å². The molecule has 0 spiro atoms. The first-order valence-electron chi connectivity index (χ1n) is 5.82. The first-order valence-corrected chi connectivity index (χ1v) is 5.82. The lowest BCUT2D eigenvalue weighted by Gasteiger charge is -2.14. The summed E-state index contributed by atoms with van der Waals surface area (Å²) >= 11 is 0. The van der Waals surface area contributed by atoms with Gasteiger partial charge in [-0.2, -0.15) is 0 Å². The Labute approximate surface area is 107 Å². The Morgan fingerprint density at radius 2 is 2.06 bits per heavy atom. The largest absolute Gasteiger partial charge is 0.358 e. The zero-order chi connectivity index (χ0) is 13.7. The summed E-state index contributed by atoms with van der Waals surface area (Å²) < 4.78 is 0. The number of hydrogen-bond acceptors (Lipinski definition) is 4. The van der Waals surface area contributed by atoms with Crippen molar-refractivity contribution in [3.63, 3.8) is 0 Å². The highest BCUT2D eigenvalue weighted by Crippen LogP contribution is 2.19. The van der Waals surface area contributed by atoms with Crippen LogP contribution in [0.25, 0.3) is 0 Å². The smallest absolute Gasteiger partial charge is 0.313 e. The van der Waals surface area contributed by atoms with Gasteiger partial charge in [0.15, 0.2) is 5.78 Å². The maximum absolute atomic E-state index is 11.7. The van der Waals surface area contributed by atoms with Crippen LogP contribution in [0.2, 0.25) is 0 Å². The predicted molar refractivity (Wildman–Crippen MR) is 70.0 cm³/mol. The number of rotatable bonds is 3. The Morgan fingerprint density at radius 3 is 2.61 bits per heavy atom. The minimum absolute atomic E-state index is 0.0127. The van der Waals surface area contributed by atoms with Gasteiger partial charge < -0.3 is 4.84 Å². The van der Waals surface area contributed by atoms with Crippen LogP contribution in [0.5, 0.6) is 0 Å². The third-order valence-corrected chi connectivity index (χ3v) is 2.49. The minimum atomic E-state index is -0.533. The van der Waals surface area contributed by atoms with Gasteiger partial charge in [0.2, 0.25) is 0 Å². The Balaban J connectivity index is 2.93. The van der Waals surface area contributed by atoms with E-state index in [2.05, 4.69) is 5.16 Å². The normalized spacial score (nSPS) is 18.3. The molecule has 0 aliphatic heterocycles. The van der Waals surface area contributed by atoms with Crippen molar-refractivity contribution in [3.05, 3.63) is 35.5 Å². The lowest BCUT2D eigenvalue weighted by molar-refractivity contribution is -0.137. The molecule has 0 saturated heterocycles. The van der Waals surface area contributed by atoms with Gasteiger partial charge >= 0.3 is 5.97 Å². The van der Waals surface area contributed by atoms with E-state index in [1.54, 1.807) is 26.0 Å². The van der Waals surface area contributed by atoms with Crippen LogP contribution in [0.1, 0.15) is 27.7 Å². The van der Waals surface area contributed by atoms with Gasteiger partial charge in [-0.1, -0.05) is 25.1 Å². The SMILES string of the molecule is C/C=C/C(=O)O/N=C1\C=C(C(C)C)C(=O)C=C1C. The lowest BCUT2D eigenvalue weighted by Crippen LogP contribution is -2.16. The monoisotopic (exact) mass is 247 g/mol. The molecule has 0 aromatic carbocycles. The Bertz CT molecular complexity index is 479. The van der Waals surface area contributed by atoms with Crippen LogP contribution < -0.4 is 0 Å². The molecular weight excluding hydrogens is 230 g/mol. The minimum Gasteiger partial charge on any atom is -0.313 e. The summed E-state index contributed by atoms with van der Waals surface area (Å²) in [4.78, 5) is 27.6. The number of hydrogen-bond donors (Lipinski definition) is 0. The quantitative estimate of drug-likeness (QED) is 0.333. The maximum atomic E-state index is 11.7. The summed E-state index contributed by atoms with van der Waals surface area (Å²) in [6.45, 7) is 7.34. The van der Waals surface area contributed by atoms with Crippen LogP contribution in [-0.2, 0) is 14.4 Å². The van der Waals surface area contributed by atoms with Gasteiger partial charge in [0.05, 0.1) is 0 Å². The molecule has 96 valence electrons. The van der Waals surface area contributed by atoms with Crippen molar-refractivity contribution in [2.45, 2.75) is 27.7 Å². The van der Waals surface area contributed by atoms with Crippen LogP contribution in [0, 0.1) is 5.92 Å². The molecule has 0 bridgehead atoms. The molecule has 0 amide bonds. The molecule has 0 N–H and O–H groups in total. The van der Waals surface area contributed by atoms with E-state index in [9.17, 15) is 9.59 Å². The molecule has 0 aromatic heterocycles. The molecule has 1 aliphatic rings. The third-order valence-electron chi connectivity index (χ3n) is 2.49. The van der Waals surface area contributed by atoms with E-state index >= 15 is 0 Å². The van der Waals surface area contributed by atoms with Crippen molar-refractivity contribution in [2.24, 2.45) is 11.1 Å². The highest BCUT2D eigenvalue weighted by molar-refractivity contribution is 6.21. The molecule has 0 unspecified atom stereocenters. The highest BCUT2D eigenvalue weighted by Gasteiger charge is 2.19.